The van der Waals surface area contributed by atoms with Gasteiger partial charge < -0.3 is 10.4 Å². The van der Waals surface area contributed by atoms with Crippen LogP contribution >= 0.6 is 0 Å². The number of piperidine rings is 1. The second-order valence-electron chi connectivity index (χ2n) is 12.2. The molecular formula is C26H45NO. The predicted molar refractivity (Wildman–Crippen MR) is 116 cm³/mol. The number of rotatable bonds is 2. The van der Waals surface area contributed by atoms with E-state index in [0.717, 1.165) is 54.4 Å². The molecule has 5 fully saturated rings. The summed E-state index contributed by atoms with van der Waals surface area (Å²) in [4.78, 5) is 0. The average molecular weight is 388 g/mol. The molecule has 0 bridgehead atoms. The largest absolute Gasteiger partial charge is 0.393 e. The van der Waals surface area contributed by atoms with Crippen molar-refractivity contribution >= 4 is 0 Å². The van der Waals surface area contributed by atoms with Crippen molar-refractivity contribution in [3.63, 3.8) is 0 Å². The Morgan fingerprint density at radius 1 is 0.857 bits per heavy atom. The van der Waals surface area contributed by atoms with E-state index in [9.17, 15) is 5.11 Å². The summed E-state index contributed by atoms with van der Waals surface area (Å²) in [5, 5.41) is 14.2. The molecule has 0 radical (unpaired) electrons. The van der Waals surface area contributed by atoms with Gasteiger partial charge in [-0.1, -0.05) is 27.2 Å². The number of hydrogen-bond acceptors (Lipinski definition) is 2. The Bertz CT molecular complexity index is 571. The van der Waals surface area contributed by atoms with Gasteiger partial charge in [0.15, 0.2) is 0 Å². The lowest BCUT2D eigenvalue weighted by Gasteiger charge is -2.61. The summed E-state index contributed by atoms with van der Waals surface area (Å²) in [6, 6.07) is 0.778. The molecule has 4 aliphatic carbocycles. The maximum Gasteiger partial charge on any atom is 0.0543 e. The summed E-state index contributed by atoms with van der Waals surface area (Å²) >= 11 is 0. The highest BCUT2D eigenvalue weighted by Gasteiger charge is 2.60. The first kappa shape index (κ1) is 19.9. The smallest absolute Gasteiger partial charge is 0.0543 e. The molecule has 5 aliphatic rings. The fraction of sp³-hybridized carbons (Fsp3) is 1.00. The quantitative estimate of drug-likeness (QED) is 0.629. The summed E-state index contributed by atoms with van der Waals surface area (Å²) in [5.74, 6) is 5.48. The van der Waals surface area contributed by atoms with Gasteiger partial charge in [-0.15, -0.1) is 0 Å². The standard InChI is InChI=1S/C26H45NO/c1-17(24-6-4-5-15-27-24)21-9-10-22-20-8-7-18-16-19(28)11-13-25(18,2)23(20)12-14-26(21,22)3/h17-24,27-28H,4-16H2,1-3H3/t17?,18-,19?,20-,21+,22-,23-,24?,25-,26+/m0/s1. The number of fused-ring (bicyclic) bond motifs is 5. The lowest BCUT2D eigenvalue weighted by molar-refractivity contribution is -0.130. The molecule has 28 heavy (non-hydrogen) atoms. The van der Waals surface area contributed by atoms with E-state index in [1.807, 2.05) is 0 Å². The molecule has 1 heterocycles. The highest BCUT2D eigenvalue weighted by molar-refractivity contribution is 5.10. The molecule has 5 rings (SSSR count). The SMILES string of the molecule is CC(C1CCCCN1)[C@H]1CC[C@H]2[C@@H]3CC[C@H]4CC(O)CC[C@]4(C)[C@H]3CC[C@]12C. The molecule has 0 aromatic heterocycles. The van der Waals surface area contributed by atoms with Gasteiger partial charge in [0.2, 0.25) is 0 Å². The number of hydrogen-bond donors (Lipinski definition) is 2. The van der Waals surface area contributed by atoms with E-state index in [-0.39, 0.29) is 6.10 Å². The molecule has 0 aromatic rings. The number of nitrogens with one attached hydrogen (secondary N) is 1. The third kappa shape index (κ3) is 2.95. The monoisotopic (exact) mass is 387 g/mol. The molecule has 2 N–H and O–H groups in total. The summed E-state index contributed by atoms with van der Waals surface area (Å²) in [6.45, 7) is 9.18. The lowest BCUT2D eigenvalue weighted by atomic mass is 9.44. The van der Waals surface area contributed by atoms with Gasteiger partial charge in [0.25, 0.3) is 0 Å². The molecule has 3 unspecified atom stereocenters. The van der Waals surface area contributed by atoms with Crippen LogP contribution in [0.15, 0.2) is 0 Å². The van der Waals surface area contributed by atoms with E-state index < -0.39 is 0 Å². The van der Waals surface area contributed by atoms with Gasteiger partial charge in [-0.25, -0.2) is 0 Å². The molecule has 1 saturated heterocycles. The van der Waals surface area contributed by atoms with Crippen LogP contribution in [0.2, 0.25) is 0 Å². The Balaban J connectivity index is 1.35. The van der Waals surface area contributed by atoms with Crippen LogP contribution in [-0.4, -0.2) is 23.8 Å². The first-order valence-corrected chi connectivity index (χ1v) is 12.8. The summed E-state index contributed by atoms with van der Waals surface area (Å²) in [6.07, 6.45) is 16.5. The molecule has 0 amide bonds. The zero-order valence-electron chi connectivity index (χ0n) is 18.8. The van der Waals surface area contributed by atoms with Gasteiger partial charge in [0, 0.05) is 6.04 Å². The number of aliphatic hydroxyl groups is 1. The van der Waals surface area contributed by atoms with Crippen molar-refractivity contribution in [2.24, 2.45) is 46.3 Å². The van der Waals surface area contributed by atoms with Gasteiger partial charge >= 0.3 is 0 Å². The minimum Gasteiger partial charge on any atom is -0.393 e. The zero-order valence-corrected chi connectivity index (χ0v) is 18.8. The van der Waals surface area contributed by atoms with Crippen molar-refractivity contribution in [3.8, 4) is 0 Å². The summed E-state index contributed by atoms with van der Waals surface area (Å²) in [5.41, 5.74) is 1.12. The molecule has 2 heteroatoms. The highest BCUT2D eigenvalue weighted by atomic mass is 16.3. The predicted octanol–water partition coefficient (Wildman–Crippen LogP) is 5.78. The first-order valence-electron chi connectivity index (χ1n) is 12.8. The normalized spacial score (nSPS) is 55.1. The highest BCUT2D eigenvalue weighted by Crippen LogP contribution is 2.68. The van der Waals surface area contributed by atoms with Crippen molar-refractivity contribution in [2.75, 3.05) is 6.54 Å². The second-order valence-corrected chi connectivity index (χ2v) is 12.2. The minimum absolute atomic E-state index is 0.0109. The van der Waals surface area contributed by atoms with Crippen LogP contribution < -0.4 is 5.32 Å². The van der Waals surface area contributed by atoms with Crippen LogP contribution in [0.25, 0.3) is 0 Å². The van der Waals surface area contributed by atoms with Gasteiger partial charge in [-0.2, -0.15) is 0 Å². The molecule has 160 valence electrons. The van der Waals surface area contributed by atoms with Crippen molar-refractivity contribution in [3.05, 3.63) is 0 Å². The van der Waals surface area contributed by atoms with Crippen molar-refractivity contribution in [1.82, 2.24) is 5.32 Å². The van der Waals surface area contributed by atoms with Crippen LogP contribution in [-0.2, 0) is 0 Å². The van der Waals surface area contributed by atoms with Crippen LogP contribution in [0.4, 0.5) is 0 Å². The van der Waals surface area contributed by atoms with Crippen LogP contribution in [0.5, 0.6) is 0 Å². The fourth-order valence-corrected chi connectivity index (χ4v) is 9.75. The van der Waals surface area contributed by atoms with Crippen LogP contribution in [0, 0.1) is 46.3 Å². The molecule has 1 aliphatic heterocycles. The Labute approximate surface area is 173 Å². The third-order valence-electron chi connectivity index (χ3n) is 11.3. The Morgan fingerprint density at radius 3 is 2.43 bits per heavy atom. The maximum absolute atomic E-state index is 10.3. The lowest BCUT2D eigenvalue weighted by Crippen LogP contribution is -2.54. The Kier molecular flexibility index (Phi) is 5.15. The molecule has 2 nitrogen and oxygen atoms in total. The zero-order chi connectivity index (χ0) is 19.5. The van der Waals surface area contributed by atoms with Crippen molar-refractivity contribution < 1.29 is 5.11 Å². The molecule has 4 saturated carbocycles. The van der Waals surface area contributed by atoms with Gasteiger partial charge in [-0.05, 0) is 124 Å². The van der Waals surface area contributed by atoms with E-state index in [4.69, 9.17) is 0 Å². The minimum atomic E-state index is -0.0109. The van der Waals surface area contributed by atoms with Crippen molar-refractivity contribution in [2.45, 2.75) is 110 Å². The van der Waals surface area contributed by atoms with E-state index in [1.54, 1.807) is 0 Å². The van der Waals surface area contributed by atoms with Gasteiger partial charge in [-0.3, -0.25) is 0 Å². The topological polar surface area (TPSA) is 32.3 Å². The Morgan fingerprint density at radius 2 is 1.64 bits per heavy atom. The van der Waals surface area contributed by atoms with E-state index in [0.29, 0.717) is 10.8 Å². The van der Waals surface area contributed by atoms with E-state index in [2.05, 4.69) is 26.1 Å². The second kappa shape index (κ2) is 7.26. The molecule has 0 spiro atoms. The summed E-state index contributed by atoms with van der Waals surface area (Å²) < 4.78 is 0. The van der Waals surface area contributed by atoms with Crippen LogP contribution in [0.3, 0.4) is 0 Å². The van der Waals surface area contributed by atoms with E-state index in [1.165, 1.54) is 70.8 Å². The average Bonchev–Trinajstić information content (AvgIpc) is 3.06. The Hall–Kier alpha value is -0.0800. The van der Waals surface area contributed by atoms with Crippen LogP contribution in [0.1, 0.15) is 97.8 Å². The molecular weight excluding hydrogens is 342 g/mol. The molecule has 10 atom stereocenters. The fourth-order valence-electron chi connectivity index (χ4n) is 9.75. The van der Waals surface area contributed by atoms with Crippen molar-refractivity contribution in [1.29, 1.82) is 0 Å². The van der Waals surface area contributed by atoms with Gasteiger partial charge in [0.1, 0.15) is 0 Å². The maximum atomic E-state index is 10.3. The first-order chi connectivity index (χ1) is 13.4. The van der Waals surface area contributed by atoms with E-state index >= 15 is 0 Å². The molecule has 0 aromatic carbocycles. The third-order valence-corrected chi connectivity index (χ3v) is 11.3. The number of aliphatic hydroxyl groups excluding tert-OH is 1. The van der Waals surface area contributed by atoms with Gasteiger partial charge in [0.05, 0.1) is 6.10 Å². The summed E-state index contributed by atoms with van der Waals surface area (Å²) in [7, 11) is 0.